The van der Waals surface area contributed by atoms with Crippen LogP contribution in [0.15, 0.2) is 60.7 Å². The average Bonchev–Trinajstić information content (AvgIpc) is 2.57. The molecule has 0 spiro atoms. The highest BCUT2D eigenvalue weighted by atomic mass is 16.5. The summed E-state index contributed by atoms with van der Waals surface area (Å²) >= 11 is 0. The lowest BCUT2D eigenvalue weighted by Crippen LogP contribution is -2.43. The minimum atomic E-state index is -1.39. The van der Waals surface area contributed by atoms with Gasteiger partial charge in [-0.2, -0.15) is 0 Å². The summed E-state index contributed by atoms with van der Waals surface area (Å²) in [6.07, 6.45) is 0. The predicted octanol–water partition coefficient (Wildman–Crippen LogP) is 2.14. The van der Waals surface area contributed by atoms with Crippen LogP contribution in [0.25, 0.3) is 0 Å². The van der Waals surface area contributed by atoms with Crippen LogP contribution in [0.2, 0.25) is 0 Å². The molecule has 0 aromatic heterocycles. The number of ether oxygens (including phenoxy) is 2. The topological polar surface area (TPSA) is 58.9 Å². The summed E-state index contributed by atoms with van der Waals surface area (Å²) < 4.78 is 11.0. The molecule has 0 aliphatic rings. The Morgan fingerprint density at radius 3 is 1.50 bits per heavy atom. The van der Waals surface area contributed by atoms with Gasteiger partial charge in [0.25, 0.3) is 0 Å². The number of hydrogen-bond donors (Lipinski definition) is 2. The predicted molar refractivity (Wildman–Crippen MR) is 84.2 cm³/mol. The third-order valence-corrected chi connectivity index (χ3v) is 3.26. The molecule has 0 bridgehead atoms. The van der Waals surface area contributed by atoms with E-state index in [1.54, 1.807) is 0 Å². The number of aliphatic hydroxyl groups is 2. The van der Waals surface area contributed by atoms with Crippen LogP contribution in [0.3, 0.4) is 0 Å². The molecule has 4 heteroatoms. The van der Waals surface area contributed by atoms with Crippen LogP contribution in [-0.2, 0) is 22.7 Å². The first-order chi connectivity index (χ1) is 10.7. The van der Waals surface area contributed by atoms with Crippen molar-refractivity contribution in [3.8, 4) is 0 Å². The van der Waals surface area contributed by atoms with E-state index in [2.05, 4.69) is 0 Å². The van der Waals surface area contributed by atoms with E-state index < -0.39 is 12.2 Å². The summed E-state index contributed by atoms with van der Waals surface area (Å²) in [4.78, 5) is 0. The molecule has 0 atom stereocenters. The van der Waals surface area contributed by atoms with Crippen LogP contribution in [0, 0.1) is 0 Å². The fourth-order valence-corrected chi connectivity index (χ4v) is 2.00. The summed E-state index contributed by atoms with van der Waals surface area (Å²) in [6.45, 7) is 0.417. The maximum absolute atomic E-state index is 10.3. The maximum Gasteiger partial charge on any atom is 0.134 e. The van der Waals surface area contributed by atoms with Crippen molar-refractivity contribution in [2.24, 2.45) is 0 Å². The molecular weight excluding hydrogens is 280 g/mol. The molecule has 0 aliphatic carbocycles. The van der Waals surface area contributed by atoms with Gasteiger partial charge in [0.05, 0.1) is 33.0 Å². The molecule has 0 saturated heterocycles. The molecule has 0 saturated carbocycles. The standard InChI is InChI=1S/C18H22O4/c19-13-18(20,14-21-11-16-7-3-1-4-8-16)15-22-12-17-9-5-2-6-10-17/h1-10,19-20H,11-15H2. The number of hydrogen-bond acceptors (Lipinski definition) is 4. The molecular formula is C18H22O4. The Morgan fingerprint density at radius 1 is 0.727 bits per heavy atom. The summed E-state index contributed by atoms with van der Waals surface area (Å²) in [6, 6.07) is 19.4. The highest BCUT2D eigenvalue weighted by Crippen LogP contribution is 2.10. The van der Waals surface area contributed by atoms with Crippen LogP contribution in [-0.4, -0.2) is 35.6 Å². The molecule has 2 rings (SSSR count). The molecule has 2 aromatic rings. The van der Waals surface area contributed by atoms with Crippen LogP contribution in [0.4, 0.5) is 0 Å². The smallest absolute Gasteiger partial charge is 0.134 e. The van der Waals surface area contributed by atoms with Gasteiger partial charge in [-0.3, -0.25) is 0 Å². The number of benzene rings is 2. The van der Waals surface area contributed by atoms with Crippen LogP contribution in [0.1, 0.15) is 11.1 Å². The first-order valence-electron chi connectivity index (χ1n) is 7.28. The van der Waals surface area contributed by atoms with Crippen LogP contribution < -0.4 is 0 Å². The minimum absolute atomic E-state index is 0.0210. The Labute approximate surface area is 130 Å². The molecule has 2 aromatic carbocycles. The van der Waals surface area contributed by atoms with E-state index in [-0.39, 0.29) is 13.2 Å². The number of rotatable bonds is 9. The SMILES string of the molecule is OCC(O)(COCc1ccccc1)COCc1ccccc1. The zero-order valence-electron chi connectivity index (χ0n) is 12.5. The normalized spacial score (nSPS) is 11.5. The van der Waals surface area contributed by atoms with Gasteiger partial charge < -0.3 is 19.7 Å². The molecule has 2 N–H and O–H groups in total. The van der Waals surface area contributed by atoms with Crippen molar-refractivity contribution in [2.45, 2.75) is 18.8 Å². The average molecular weight is 302 g/mol. The zero-order valence-corrected chi connectivity index (χ0v) is 12.5. The van der Waals surface area contributed by atoms with Crippen molar-refractivity contribution in [3.05, 3.63) is 71.8 Å². The van der Waals surface area contributed by atoms with Gasteiger partial charge in [-0.15, -0.1) is 0 Å². The molecule has 22 heavy (non-hydrogen) atoms. The van der Waals surface area contributed by atoms with E-state index >= 15 is 0 Å². The molecule has 0 unspecified atom stereocenters. The Kier molecular flexibility index (Phi) is 6.55. The molecule has 4 nitrogen and oxygen atoms in total. The zero-order chi connectivity index (χ0) is 15.7. The lowest BCUT2D eigenvalue weighted by atomic mass is 10.1. The maximum atomic E-state index is 10.3. The largest absolute Gasteiger partial charge is 0.393 e. The second-order valence-electron chi connectivity index (χ2n) is 5.34. The summed E-state index contributed by atoms with van der Waals surface area (Å²) in [7, 11) is 0. The van der Waals surface area contributed by atoms with E-state index in [1.165, 1.54) is 0 Å². The fraction of sp³-hybridized carbons (Fsp3) is 0.333. The van der Waals surface area contributed by atoms with Crippen LogP contribution in [0.5, 0.6) is 0 Å². The van der Waals surface area contributed by atoms with Crippen molar-refractivity contribution in [2.75, 3.05) is 19.8 Å². The van der Waals surface area contributed by atoms with E-state index in [1.807, 2.05) is 60.7 Å². The highest BCUT2D eigenvalue weighted by molar-refractivity contribution is 5.14. The third kappa shape index (κ3) is 5.58. The lowest BCUT2D eigenvalue weighted by Gasteiger charge is -2.25. The first kappa shape index (κ1) is 16.6. The van der Waals surface area contributed by atoms with Gasteiger partial charge >= 0.3 is 0 Å². The van der Waals surface area contributed by atoms with E-state index in [9.17, 15) is 10.2 Å². The second kappa shape index (κ2) is 8.66. The molecule has 0 radical (unpaired) electrons. The second-order valence-corrected chi connectivity index (χ2v) is 5.34. The van der Waals surface area contributed by atoms with Gasteiger partial charge in [0.2, 0.25) is 0 Å². The Hall–Kier alpha value is -1.72. The molecule has 0 aliphatic heterocycles. The molecule has 0 amide bonds. The highest BCUT2D eigenvalue weighted by Gasteiger charge is 2.27. The van der Waals surface area contributed by atoms with E-state index in [0.29, 0.717) is 13.2 Å². The summed E-state index contributed by atoms with van der Waals surface area (Å²) in [5.41, 5.74) is 0.657. The van der Waals surface area contributed by atoms with Crippen LogP contribution >= 0.6 is 0 Å². The molecule has 0 heterocycles. The van der Waals surface area contributed by atoms with Gasteiger partial charge in [-0.05, 0) is 11.1 Å². The Bertz CT molecular complexity index is 482. The molecule has 118 valence electrons. The first-order valence-corrected chi connectivity index (χ1v) is 7.28. The summed E-state index contributed by atoms with van der Waals surface area (Å²) in [5.74, 6) is 0. The van der Waals surface area contributed by atoms with Gasteiger partial charge in [-0.25, -0.2) is 0 Å². The fourth-order valence-electron chi connectivity index (χ4n) is 2.00. The van der Waals surface area contributed by atoms with Crippen molar-refractivity contribution in [1.29, 1.82) is 0 Å². The quantitative estimate of drug-likeness (QED) is 0.745. The lowest BCUT2D eigenvalue weighted by molar-refractivity contribution is -0.125. The summed E-state index contributed by atoms with van der Waals surface area (Å²) in [5, 5.41) is 19.6. The monoisotopic (exact) mass is 302 g/mol. The van der Waals surface area contributed by atoms with Gasteiger partial charge in [0.15, 0.2) is 0 Å². The van der Waals surface area contributed by atoms with Crippen molar-refractivity contribution in [3.63, 3.8) is 0 Å². The number of aliphatic hydroxyl groups excluding tert-OH is 1. The minimum Gasteiger partial charge on any atom is -0.393 e. The Balaban J connectivity index is 1.73. The van der Waals surface area contributed by atoms with Crippen molar-refractivity contribution in [1.82, 2.24) is 0 Å². The van der Waals surface area contributed by atoms with Crippen molar-refractivity contribution < 1.29 is 19.7 Å². The molecule has 0 fully saturated rings. The Morgan fingerprint density at radius 2 is 1.14 bits per heavy atom. The third-order valence-electron chi connectivity index (χ3n) is 3.26. The van der Waals surface area contributed by atoms with E-state index in [4.69, 9.17) is 9.47 Å². The van der Waals surface area contributed by atoms with Gasteiger partial charge in [-0.1, -0.05) is 60.7 Å². The van der Waals surface area contributed by atoms with E-state index in [0.717, 1.165) is 11.1 Å². The van der Waals surface area contributed by atoms with Gasteiger partial charge in [0, 0.05) is 0 Å². The van der Waals surface area contributed by atoms with Crippen molar-refractivity contribution >= 4 is 0 Å². The van der Waals surface area contributed by atoms with Gasteiger partial charge in [0.1, 0.15) is 5.60 Å².